The highest BCUT2D eigenvalue weighted by Crippen LogP contribution is 2.42. The van der Waals surface area contributed by atoms with E-state index in [1.165, 1.54) is 18.9 Å². The van der Waals surface area contributed by atoms with Crippen molar-refractivity contribution in [2.75, 3.05) is 26.8 Å². The third-order valence-corrected chi connectivity index (χ3v) is 4.61. The van der Waals surface area contributed by atoms with Crippen LogP contribution in [0.25, 0.3) is 0 Å². The number of benzene rings is 1. The first-order chi connectivity index (χ1) is 9.67. The van der Waals surface area contributed by atoms with Crippen molar-refractivity contribution < 1.29 is 9.13 Å². The van der Waals surface area contributed by atoms with Crippen LogP contribution in [0, 0.1) is 11.2 Å². The second-order valence-electron chi connectivity index (χ2n) is 5.75. The van der Waals surface area contributed by atoms with Crippen molar-refractivity contribution in [3.05, 3.63) is 34.6 Å². The molecule has 1 N–H and O–H groups in total. The van der Waals surface area contributed by atoms with Crippen LogP contribution in [0.2, 0.25) is 5.02 Å². The predicted molar refractivity (Wildman–Crippen MR) is 80.8 cm³/mol. The van der Waals surface area contributed by atoms with Crippen molar-refractivity contribution >= 4 is 11.6 Å². The average molecular weight is 300 g/mol. The van der Waals surface area contributed by atoms with E-state index in [1.807, 2.05) is 0 Å². The molecule has 1 aliphatic carbocycles. The SMILES string of the molecule is COCCNCC1(Cc2c(F)cccc2Cl)CCCC1. The molecule has 1 aromatic carbocycles. The number of halogens is 2. The average Bonchev–Trinajstić information content (AvgIpc) is 2.89. The van der Waals surface area contributed by atoms with Crippen LogP contribution in [0.3, 0.4) is 0 Å². The summed E-state index contributed by atoms with van der Waals surface area (Å²) in [6.07, 6.45) is 5.43. The van der Waals surface area contributed by atoms with Gasteiger partial charge in [0.2, 0.25) is 0 Å². The van der Waals surface area contributed by atoms with Crippen LogP contribution in [0.15, 0.2) is 18.2 Å². The Kier molecular flexibility index (Phi) is 5.82. The normalized spacial score (nSPS) is 17.6. The molecule has 0 unspecified atom stereocenters. The molecule has 112 valence electrons. The van der Waals surface area contributed by atoms with E-state index in [-0.39, 0.29) is 11.2 Å². The number of methoxy groups -OCH3 is 1. The summed E-state index contributed by atoms with van der Waals surface area (Å²) in [5, 5.41) is 3.99. The van der Waals surface area contributed by atoms with Gasteiger partial charge in [0.15, 0.2) is 0 Å². The summed E-state index contributed by atoms with van der Waals surface area (Å²) in [4.78, 5) is 0. The fourth-order valence-corrected chi connectivity index (χ4v) is 3.37. The Morgan fingerprint density at radius 3 is 2.75 bits per heavy atom. The number of hydrogen-bond acceptors (Lipinski definition) is 2. The van der Waals surface area contributed by atoms with Gasteiger partial charge in [0.05, 0.1) is 6.61 Å². The molecule has 0 amide bonds. The van der Waals surface area contributed by atoms with Gasteiger partial charge >= 0.3 is 0 Å². The second-order valence-corrected chi connectivity index (χ2v) is 6.16. The minimum Gasteiger partial charge on any atom is -0.383 e. The smallest absolute Gasteiger partial charge is 0.127 e. The van der Waals surface area contributed by atoms with Crippen molar-refractivity contribution in [1.29, 1.82) is 0 Å². The molecule has 0 aliphatic heterocycles. The Morgan fingerprint density at radius 1 is 1.35 bits per heavy atom. The van der Waals surface area contributed by atoms with Crippen LogP contribution in [-0.2, 0) is 11.2 Å². The molecule has 0 heterocycles. The van der Waals surface area contributed by atoms with Gasteiger partial charge in [-0.05, 0) is 36.8 Å². The monoisotopic (exact) mass is 299 g/mol. The maximum atomic E-state index is 14.0. The van der Waals surface area contributed by atoms with Crippen LogP contribution < -0.4 is 5.32 Å². The lowest BCUT2D eigenvalue weighted by molar-refractivity contribution is 0.189. The Balaban J connectivity index is 2.05. The summed E-state index contributed by atoms with van der Waals surface area (Å²) < 4.78 is 19.0. The van der Waals surface area contributed by atoms with Crippen LogP contribution >= 0.6 is 11.6 Å². The second kappa shape index (κ2) is 7.39. The predicted octanol–water partition coefficient (Wildman–Crippen LogP) is 3.82. The molecule has 1 saturated carbocycles. The van der Waals surface area contributed by atoms with Crippen LogP contribution in [0.4, 0.5) is 4.39 Å². The molecule has 0 aromatic heterocycles. The first kappa shape index (κ1) is 15.7. The van der Waals surface area contributed by atoms with E-state index < -0.39 is 0 Å². The van der Waals surface area contributed by atoms with Gasteiger partial charge in [0.1, 0.15) is 5.82 Å². The lowest BCUT2D eigenvalue weighted by Crippen LogP contribution is -2.35. The highest BCUT2D eigenvalue weighted by Gasteiger charge is 2.34. The van der Waals surface area contributed by atoms with Crippen molar-refractivity contribution in [1.82, 2.24) is 5.32 Å². The maximum absolute atomic E-state index is 14.0. The van der Waals surface area contributed by atoms with Crippen molar-refractivity contribution in [3.8, 4) is 0 Å². The van der Waals surface area contributed by atoms with Crippen LogP contribution in [-0.4, -0.2) is 26.8 Å². The van der Waals surface area contributed by atoms with Crippen LogP contribution in [0.5, 0.6) is 0 Å². The number of rotatable bonds is 7. The standard InChI is InChI=1S/C16H23ClFNO/c1-20-10-9-19-12-16(7-2-3-8-16)11-13-14(17)5-4-6-15(13)18/h4-6,19H,2-3,7-12H2,1H3. The molecule has 1 aromatic rings. The minimum atomic E-state index is -0.180. The first-order valence-electron chi connectivity index (χ1n) is 7.29. The van der Waals surface area contributed by atoms with Gasteiger partial charge in [-0.1, -0.05) is 30.5 Å². The van der Waals surface area contributed by atoms with E-state index in [0.29, 0.717) is 17.2 Å². The first-order valence-corrected chi connectivity index (χ1v) is 7.67. The molecule has 1 fully saturated rings. The van der Waals surface area contributed by atoms with Gasteiger partial charge < -0.3 is 10.1 Å². The number of ether oxygens (including phenoxy) is 1. The molecule has 2 rings (SSSR count). The van der Waals surface area contributed by atoms with Crippen LogP contribution in [0.1, 0.15) is 31.2 Å². The molecular weight excluding hydrogens is 277 g/mol. The summed E-state index contributed by atoms with van der Waals surface area (Å²) in [6.45, 7) is 2.45. The molecule has 4 heteroatoms. The largest absolute Gasteiger partial charge is 0.383 e. The molecule has 0 spiro atoms. The summed E-state index contributed by atoms with van der Waals surface area (Å²) in [7, 11) is 1.70. The Hall–Kier alpha value is -0.640. The Morgan fingerprint density at radius 2 is 2.10 bits per heavy atom. The lowest BCUT2D eigenvalue weighted by Gasteiger charge is -2.30. The van der Waals surface area contributed by atoms with Gasteiger partial charge in [0, 0.05) is 30.8 Å². The zero-order valence-corrected chi connectivity index (χ0v) is 12.8. The molecule has 20 heavy (non-hydrogen) atoms. The Bertz CT molecular complexity index is 412. The minimum absolute atomic E-state index is 0.138. The van der Waals surface area contributed by atoms with E-state index in [2.05, 4.69) is 5.32 Å². The van der Waals surface area contributed by atoms with Gasteiger partial charge in [-0.25, -0.2) is 4.39 Å². The maximum Gasteiger partial charge on any atom is 0.127 e. The Labute approximate surface area is 125 Å². The van der Waals surface area contributed by atoms with Gasteiger partial charge in [-0.15, -0.1) is 0 Å². The fraction of sp³-hybridized carbons (Fsp3) is 0.625. The molecule has 2 nitrogen and oxygen atoms in total. The number of hydrogen-bond donors (Lipinski definition) is 1. The highest BCUT2D eigenvalue weighted by molar-refractivity contribution is 6.31. The quantitative estimate of drug-likeness (QED) is 0.773. The molecule has 0 atom stereocenters. The third-order valence-electron chi connectivity index (χ3n) is 4.26. The van der Waals surface area contributed by atoms with E-state index in [9.17, 15) is 4.39 Å². The molecule has 0 bridgehead atoms. The third kappa shape index (κ3) is 3.94. The van der Waals surface area contributed by atoms with Crippen molar-refractivity contribution in [2.45, 2.75) is 32.1 Å². The molecular formula is C16H23ClFNO. The summed E-state index contributed by atoms with van der Waals surface area (Å²) in [5.74, 6) is -0.180. The van der Waals surface area contributed by atoms with Gasteiger partial charge in [-0.2, -0.15) is 0 Å². The topological polar surface area (TPSA) is 21.3 Å². The summed E-state index contributed by atoms with van der Waals surface area (Å²) in [6, 6.07) is 4.95. The van der Waals surface area contributed by atoms with E-state index in [4.69, 9.17) is 16.3 Å². The van der Waals surface area contributed by atoms with Gasteiger partial charge in [0.25, 0.3) is 0 Å². The molecule has 0 saturated heterocycles. The van der Waals surface area contributed by atoms with Gasteiger partial charge in [-0.3, -0.25) is 0 Å². The van der Waals surface area contributed by atoms with E-state index >= 15 is 0 Å². The molecule has 1 aliphatic rings. The molecule has 0 radical (unpaired) electrons. The van der Waals surface area contributed by atoms with Crippen molar-refractivity contribution in [3.63, 3.8) is 0 Å². The lowest BCUT2D eigenvalue weighted by atomic mass is 9.79. The zero-order valence-electron chi connectivity index (χ0n) is 12.1. The fourth-order valence-electron chi connectivity index (χ4n) is 3.15. The van der Waals surface area contributed by atoms with Crippen molar-refractivity contribution in [2.24, 2.45) is 5.41 Å². The summed E-state index contributed by atoms with van der Waals surface area (Å²) in [5.41, 5.74) is 0.809. The van der Waals surface area contributed by atoms with E-state index in [1.54, 1.807) is 19.2 Å². The summed E-state index contributed by atoms with van der Waals surface area (Å²) >= 11 is 6.17. The number of nitrogens with one attached hydrogen (secondary N) is 1. The van der Waals surface area contributed by atoms with E-state index in [0.717, 1.165) is 32.4 Å². The highest BCUT2D eigenvalue weighted by atomic mass is 35.5. The zero-order chi connectivity index (χ0) is 14.4.